The highest BCUT2D eigenvalue weighted by Crippen LogP contribution is 2.34. The van der Waals surface area contributed by atoms with Crippen LogP contribution in [0, 0.1) is 5.82 Å². The maximum absolute atomic E-state index is 13.1. The van der Waals surface area contributed by atoms with E-state index in [0.29, 0.717) is 18.8 Å². The van der Waals surface area contributed by atoms with Crippen molar-refractivity contribution >= 4 is 15.8 Å². The zero-order chi connectivity index (χ0) is 28.0. The standard InChI is InChI=1S/C30H28FN5O3S/c1-39-26-10-5-7-23(19-26)30-28(21-36(35-30)25-8-3-2-4-9-25)22-15-18-33-29(20-22)32-16-6-17-34-40(37,38)27-13-11-24(31)12-14-27/h2-5,7-15,18-21,34H,6,16-17H2,1H3,(H,32,33). The zero-order valence-electron chi connectivity index (χ0n) is 21.8. The van der Waals surface area contributed by atoms with Gasteiger partial charge < -0.3 is 10.1 Å². The average molecular weight is 558 g/mol. The molecule has 5 aromatic rings. The van der Waals surface area contributed by atoms with Gasteiger partial charge in [0.05, 0.1) is 17.7 Å². The predicted molar refractivity (Wildman–Crippen MR) is 153 cm³/mol. The molecule has 40 heavy (non-hydrogen) atoms. The van der Waals surface area contributed by atoms with Gasteiger partial charge >= 0.3 is 0 Å². The molecule has 0 atom stereocenters. The summed E-state index contributed by atoms with van der Waals surface area (Å²) in [4.78, 5) is 4.46. The smallest absolute Gasteiger partial charge is 0.240 e. The summed E-state index contributed by atoms with van der Waals surface area (Å²) < 4.78 is 47.7. The van der Waals surface area contributed by atoms with Crippen LogP contribution in [0.1, 0.15) is 6.42 Å². The molecular formula is C30H28FN5O3S. The Morgan fingerprint density at radius 2 is 1.70 bits per heavy atom. The molecule has 2 heterocycles. The number of benzene rings is 3. The number of nitrogens with one attached hydrogen (secondary N) is 2. The first-order chi connectivity index (χ1) is 19.4. The summed E-state index contributed by atoms with van der Waals surface area (Å²) in [6.45, 7) is 0.713. The Balaban J connectivity index is 1.31. The Kier molecular flexibility index (Phi) is 8.18. The van der Waals surface area contributed by atoms with E-state index in [4.69, 9.17) is 9.84 Å². The first-order valence-corrected chi connectivity index (χ1v) is 14.2. The minimum atomic E-state index is -3.70. The highest BCUT2D eigenvalue weighted by molar-refractivity contribution is 7.89. The fourth-order valence-corrected chi connectivity index (χ4v) is 5.26. The summed E-state index contributed by atoms with van der Waals surface area (Å²) >= 11 is 0. The number of methoxy groups -OCH3 is 1. The van der Waals surface area contributed by atoms with Gasteiger partial charge in [-0.1, -0.05) is 30.3 Å². The average Bonchev–Trinajstić information content (AvgIpc) is 3.44. The molecular weight excluding hydrogens is 529 g/mol. The highest BCUT2D eigenvalue weighted by Gasteiger charge is 2.16. The van der Waals surface area contributed by atoms with Crippen molar-refractivity contribution in [3.8, 4) is 33.8 Å². The molecule has 10 heteroatoms. The normalized spacial score (nSPS) is 11.3. The molecule has 204 valence electrons. The molecule has 0 aliphatic rings. The van der Waals surface area contributed by atoms with Crippen LogP contribution < -0.4 is 14.8 Å². The lowest BCUT2D eigenvalue weighted by atomic mass is 10.0. The van der Waals surface area contributed by atoms with Gasteiger partial charge in [0.15, 0.2) is 0 Å². The third-order valence-electron chi connectivity index (χ3n) is 6.22. The second-order valence-corrected chi connectivity index (χ2v) is 10.7. The van der Waals surface area contributed by atoms with E-state index in [1.807, 2.05) is 77.6 Å². The number of anilines is 1. The fourth-order valence-electron chi connectivity index (χ4n) is 4.18. The second-order valence-electron chi connectivity index (χ2n) is 8.97. The molecule has 0 radical (unpaired) electrons. The van der Waals surface area contributed by atoms with Crippen molar-refractivity contribution in [2.45, 2.75) is 11.3 Å². The van der Waals surface area contributed by atoms with E-state index < -0.39 is 15.8 Å². The number of ether oxygens (including phenoxy) is 1. The number of hydrogen-bond acceptors (Lipinski definition) is 6. The largest absolute Gasteiger partial charge is 0.497 e. The van der Waals surface area contributed by atoms with Crippen molar-refractivity contribution in [1.82, 2.24) is 19.5 Å². The Labute approximate surface area is 232 Å². The highest BCUT2D eigenvalue weighted by atomic mass is 32.2. The molecule has 0 aliphatic heterocycles. The van der Waals surface area contributed by atoms with Crippen molar-refractivity contribution in [2.24, 2.45) is 0 Å². The van der Waals surface area contributed by atoms with Gasteiger partial charge in [0.25, 0.3) is 0 Å². The van der Waals surface area contributed by atoms with Gasteiger partial charge in [-0.15, -0.1) is 0 Å². The summed E-state index contributed by atoms with van der Waals surface area (Å²) in [7, 11) is -2.06. The molecule has 0 bridgehead atoms. The molecule has 0 amide bonds. The van der Waals surface area contributed by atoms with E-state index in [-0.39, 0.29) is 11.4 Å². The summed E-state index contributed by atoms with van der Waals surface area (Å²) in [5, 5.41) is 8.17. The van der Waals surface area contributed by atoms with Crippen molar-refractivity contribution in [3.63, 3.8) is 0 Å². The number of aromatic nitrogens is 3. The number of nitrogens with zero attached hydrogens (tertiary/aromatic N) is 3. The van der Waals surface area contributed by atoms with Crippen LogP contribution in [0.3, 0.4) is 0 Å². The van der Waals surface area contributed by atoms with Gasteiger partial charge in [-0.25, -0.2) is 27.2 Å². The molecule has 0 saturated heterocycles. The van der Waals surface area contributed by atoms with Gasteiger partial charge in [0.1, 0.15) is 23.1 Å². The second kappa shape index (κ2) is 12.1. The molecule has 2 N–H and O–H groups in total. The minimum absolute atomic E-state index is 0.0270. The number of rotatable bonds is 11. The summed E-state index contributed by atoms with van der Waals surface area (Å²) in [5.74, 6) is 0.911. The number of sulfonamides is 1. The Bertz CT molecular complexity index is 1690. The lowest BCUT2D eigenvalue weighted by Gasteiger charge is -2.09. The van der Waals surface area contributed by atoms with Crippen LogP contribution in [-0.2, 0) is 10.0 Å². The number of para-hydroxylation sites is 1. The third-order valence-corrected chi connectivity index (χ3v) is 7.70. The Hall–Kier alpha value is -4.54. The van der Waals surface area contributed by atoms with Crippen molar-refractivity contribution in [1.29, 1.82) is 0 Å². The van der Waals surface area contributed by atoms with Crippen LogP contribution >= 0.6 is 0 Å². The fraction of sp³-hybridized carbons (Fsp3) is 0.133. The number of pyridine rings is 1. The Morgan fingerprint density at radius 1 is 0.900 bits per heavy atom. The van der Waals surface area contributed by atoms with Crippen molar-refractivity contribution in [2.75, 3.05) is 25.5 Å². The number of halogens is 1. The topological polar surface area (TPSA) is 98.1 Å². The van der Waals surface area contributed by atoms with Crippen molar-refractivity contribution < 1.29 is 17.5 Å². The summed E-state index contributed by atoms with van der Waals surface area (Å²) in [5.41, 5.74) is 4.51. The molecule has 0 spiro atoms. The molecule has 0 unspecified atom stereocenters. The maximum Gasteiger partial charge on any atom is 0.240 e. The van der Waals surface area contributed by atoms with Gasteiger partial charge in [-0.2, -0.15) is 5.10 Å². The van der Waals surface area contributed by atoms with Crippen LogP contribution in [0.25, 0.3) is 28.1 Å². The molecule has 8 nitrogen and oxygen atoms in total. The van der Waals surface area contributed by atoms with E-state index >= 15 is 0 Å². The van der Waals surface area contributed by atoms with E-state index in [0.717, 1.165) is 46.0 Å². The van der Waals surface area contributed by atoms with Crippen molar-refractivity contribution in [3.05, 3.63) is 109 Å². The lowest BCUT2D eigenvalue weighted by molar-refractivity contribution is 0.415. The van der Waals surface area contributed by atoms with Crippen LogP contribution in [-0.4, -0.2) is 43.4 Å². The van der Waals surface area contributed by atoms with Crippen LogP contribution in [0.4, 0.5) is 10.2 Å². The molecule has 2 aromatic heterocycles. The van der Waals surface area contributed by atoms with Gasteiger partial charge in [-0.05, 0) is 72.6 Å². The summed E-state index contributed by atoms with van der Waals surface area (Å²) in [6.07, 6.45) is 4.24. The SMILES string of the molecule is COc1cccc(-c2nn(-c3ccccc3)cc2-c2ccnc(NCCCNS(=O)(=O)c3ccc(F)cc3)c2)c1. The first kappa shape index (κ1) is 27.0. The van der Waals surface area contributed by atoms with E-state index in [1.54, 1.807) is 13.3 Å². The van der Waals surface area contributed by atoms with Crippen LogP contribution in [0.5, 0.6) is 5.75 Å². The molecule has 0 saturated carbocycles. The predicted octanol–water partition coefficient (Wildman–Crippen LogP) is 5.53. The van der Waals surface area contributed by atoms with Crippen LogP contribution in [0.2, 0.25) is 0 Å². The van der Waals surface area contributed by atoms with Crippen LogP contribution in [0.15, 0.2) is 108 Å². The molecule has 0 aliphatic carbocycles. The van der Waals surface area contributed by atoms with E-state index in [2.05, 4.69) is 15.0 Å². The molecule has 0 fully saturated rings. The number of hydrogen-bond donors (Lipinski definition) is 2. The van der Waals surface area contributed by atoms with Gasteiger partial charge in [0, 0.05) is 36.6 Å². The first-order valence-electron chi connectivity index (χ1n) is 12.7. The van der Waals surface area contributed by atoms with E-state index in [9.17, 15) is 12.8 Å². The molecule has 5 rings (SSSR count). The maximum atomic E-state index is 13.1. The molecule has 3 aromatic carbocycles. The van der Waals surface area contributed by atoms with E-state index in [1.165, 1.54) is 12.1 Å². The zero-order valence-corrected chi connectivity index (χ0v) is 22.6. The lowest BCUT2D eigenvalue weighted by Crippen LogP contribution is -2.26. The minimum Gasteiger partial charge on any atom is -0.497 e. The third kappa shape index (κ3) is 6.36. The summed E-state index contributed by atoms with van der Waals surface area (Å²) in [6, 6.07) is 26.3. The quantitative estimate of drug-likeness (QED) is 0.207. The Morgan fingerprint density at radius 3 is 2.48 bits per heavy atom. The van der Waals surface area contributed by atoms with Gasteiger partial charge in [0.2, 0.25) is 10.0 Å². The van der Waals surface area contributed by atoms with Gasteiger partial charge in [-0.3, -0.25) is 0 Å². The monoisotopic (exact) mass is 557 g/mol.